The molecule has 0 aromatic heterocycles. The SMILES string of the molecule is CN(CC1CC(N)C1)C(=O)c1ccc(OC(F)(F)F)cc1. The molecule has 1 aliphatic rings. The molecule has 1 aliphatic carbocycles. The summed E-state index contributed by atoms with van der Waals surface area (Å²) in [5, 5.41) is 0. The van der Waals surface area contributed by atoms with Gasteiger partial charge in [-0.1, -0.05) is 0 Å². The molecule has 21 heavy (non-hydrogen) atoms. The Labute approximate surface area is 120 Å². The minimum atomic E-state index is -4.73. The van der Waals surface area contributed by atoms with Crippen molar-refractivity contribution in [3.05, 3.63) is 29.8 Å². The lowest BCUT2D eigenvalue weighted by Gasteiger charge is -2.35. The first kappa shape index (κ1) is 15.6. The molecule has 1 fully saturated rings. The Kier molecular flexibility index (Phi) is 4.41. The molecule has 0 radical (unpaired) electrons. The number of hydrogen-bond donors (Lipinski definition) is 1. The average molecular weight is 302 g/mol. The molecule has 2 N–H and O–H groups in total. The molecule has 1 aromatic rings. The summed E-state index contributed by atoms with van der Waals surface area (Å²) in [6.07, 6.45) is -2.93. The molecule has 2 rings (SSSR count). The zero-order valence-corrected chi connectivity index (χ0v) is 11.6. The number of benzene rings is 1. The third-order valence-electron chi connectivity index (χ3n) is 3.49. The second-order valence-corrected chi connectivity index (χ2v) is 5.36. The van der Waals surface area contributed by atoms with Crippen LogP contribution < -0.4 is 10.5 Å². The number of carbonyl (C=O) groups excluding carboxylic acids is 1. The summed E-state index contributed by atoms with van der Waals surface area (Å²) in [4.78, 5) is 13.7. The van der Waals surface area contributed by atoms with E-state index in [4.69, 9.17) is 5.73 Å². The molecule has 0 heterocycles. The third-order valence-corrected chi connectivity index (χ3v) is 3.49. The minimum Gasteiger partial charge on any atom is -0.406 e. The minimum absolute atomic E-state index is 0.220. The summed E-state index contributed by atoms with van der Waals surface area (Å²) >= 11 is 0. The van der Waals surface area contributed by atoms with Crippen LogP contribution >= 0.6 is 0 Å². The Morgan fingerprint density at radius 2 is 1.90 bits per heavy atom. The van der Waals surface area contributed by atoms with Crippen LogP contribution in [0.4, 0.5) is 13.2 Å². The fourth-order valence-corrected chi connectivity index (χ4v) is 2.43. The van der Waals surface area contributed by atoms with Crippen LogP contribution in [0.5, 0.6) is 5.75 Å². The maximum Gasteiger partial charge on any atom is 0.573 e. The fraction of sp³-hybridized carbons (Fsp3) is 0.500. The van der Waals surface area contributed by atoms with Crippen molar-refractivity contribution in [3.8, 4) is 5.75 Å². The lowest BCUT2D eigenvalue weighted by atomic mass is 9.80. The van der Waals surface area contributed by atoms with Gasteiger partial charge >= 0.3 is 6.36 Å². The van der Waals surface area contributed by atoms with Gasteiger partial charge in [0.05, 0.1) is 0 Å². The van der Waals surface area contributed by atoms with E-state index in [1.165, 1.54) is 12.1 Å². The van der Waals surface area contributed by atoms with Crippen molar-refractivity contribution in [2.24, 2.45) is 11.7 Å². The van der Waals surface area contributed by atoms with E-state index in [1.54, 1.807) is 11.9 Å². The highest BCUT2D eigenvalue weighted by Gasteiger charge is 2.31. The molecule has 0 spiro atoms. The molecule has 1 saturated carbocycles. The van der Waals surface area contributed by atoms with E-state index in [1.807, 2.05) is 0 Å². The fourth-order valence-electron chi connectivity index (χ4n) is 2.43. The molecule has 1 amide bonds. The van der Waals surface area contributed by atoms with E-state index in [9.17, 15) is 18.0 Å². The van der Waals surface area contributed by atoms with E-state index >= 15 is 0 Å². The quantitative estimate of drug-likeness (QED) is 0.929. The van der Waals surface area contributed by atoms with E-state index in [0.29, 0.717) is 18.0 Å². The van der Waals surface area contributed by atoms with Crippen LogP contribution in [-0.4, -0.2) is 36.8 Å². The van der Waals surface area contributed by atoms with Crippen LogP contribution in [0.25, 0.3) is 0 Å². The average Bonchev–Trinajstić information content (AvgIpc) is 2.35. The Bertz CT molecular complexity index is 496. The monoisotopic (exact) mass is 302 g/mol. The first-order chi connectivity index (χ1) is 9.74. The van der Waals surface area contributed by atoms with Crippen molar-refractivity contribution < 1.29 is 22.7 Å². The van der Waals surface area contributed by atoms with Crippen molar-refractivity contribution in [2.75, 3.05) is 13.6 Å². The third kappa shape index (κ3) is 4.35. The molecule has 0 bridgehead atoms. The molecule has 0 unspecified atom stereocenters. The number of alkyl halides is 3. The lowest BCUT2D eigenvalue weighted by molar-refractivity contribution is -0.274. The highest BCUT2D eigenvalue weighted by atomic mass is 19.4. The largest absolute Gasteiger partial charge is 0.573 e. The normalized spacial score (nSPS) is 21.6. The smallest absolute Gasteiger partial charge is 0.406 e. The van der Waals surface area contributed by atoms with Gasteiger partial charge in [-0.2, -0.15) is 0 Å². The number of nitrogens with two attached hydrogens (primary N) is 1. The van der Waals surface area contributed by atoms with Gasteiger partial charge in [0.1, 0.15) is 5.75 Å². The molecule has 7 heteroatoms. The van der Waals surface area contributed by atoms with Crippen LogP contribution in [0.2, 0.25) is 0 Å². The number of hydrogen-bond acceptors (Lipinski definition) is 3. The Hall–Kier alpha value is -1.76. The Balaban J connectivity index is 1.93. The maximum atomic E-state index is 12.1. The summed E-state index contributed by atoms with van der Waals surface area (Å²) in [5.74, 6) is -0.164. The Morgan fingerprint density at radius 1 is 1.33 bits per heavy atom. The van der Waals surface area contributed by atoms with Crippen LogP contribution in [0.1, 0.15) is 23.2 Å². The van der Waals surface area contributed by atoms with Gasteiger partial charge in [0.15, 0.2) is 0 Å². The van der Waals surface area contributed by atoms with Gasteiger partial charge in [0, 0.05) is 25.2 Å². The van der Waals surface area contributed by atoms with E-state index in [0.717, 1.165) is 25.0 Å². The molecular formula is C14H17F3N2O2. The predicted molar refractivity (Wildman–Crippen MR) is 70.8 cm³/mol. The van der Waals surface area contributed by atoms with Crippen LogP contribution in [-0.2, 0) is 0 Å². The van der Waals surface area contributed by atoms with Crippen molar-refractivity contribution >= 4 is 5.91 Å². The van der Waals surface area contributed by atoms with Gasteiger partial charge in [-0.25, -0.2) is 0 Å². The first-order valence-corrected chi connectivity index (χ1v) is 6.61. The highest BCUT2D eigenvalue weighted by Crippen LogP contribution is 2.27. The molecule has 0 aliphatic heterocycles. The van der Waals surface area contributed by atoms with Crippen LogP contribution in [0, 0.1) is 5.92 Å². The number of ether oxygens (including phenoxy) is 1. The van der Waals surface area contributed by atoms with Gasteiger partial charge in [-0.15, -0.1) is 13.2 Å². The Morgan fingerprint density at radius 3 is 2.38 bits per heavy atom. The van der Waals surface area contributed by atoms with Crippen molar-refractivity contribution in [3.63, 3.8) is 0 Å². The van der Waals surface area contributed by atoms with Gasteiger partial charge in [0.2, 0.25) is 0 Å². The zero-order chi connectivity index (χ0) is 15.6. The van der Waals surface area contributed by atoms with Gasteiger partial charge in [-0.05, 0) is 43.0 Å². The molecule has 0 atom stereocenters. The number of nitrogens with zero attached hydrogens (tertiary/aromatic N) is 1. The van der Waals surface area contributed by atoms with Gasteiger partial charge in [0.25, 0.3) is 5.91 Å². The number of carbonyl (C=O) groups is 1. The van der Waals surface area contributed by atoms with Crippen molar-refractivity contribution in [1.29, 1.82) is 0 Å². The molecule has 0 saturated heterocycles. The second-order valence-electron chi connectivity index (χ2n) is 5.36. The van der Waals surface area contributed by atoms with Crippen LogP contribution in [0.3, 0.4) is 0 Å². The molecule has 116 valence electrons. The summed E-state index contributed by atoms with van der Waals surface area (Å²) in [7, 11) is 1.67. The number of amides is 1. The van der Waals surface area contributed by atoms with Crippen molar-refractivity contribution in [2.45, 2.75) is 25.2 Å². The van der Waals surface area contributed by atoms with Gasteiger partial charge < -0.3 is 15.4 Å². The maximum absolute atomic E-state index is 12.1. The summed E-state index contributed by atoms with van der Waals surface area (Å²) in [6.45, 7) is 0.604. The number of halogens is 3. The van der Waals surface area contributed by atoms with Crippen LogP contribution in [0.15, 0.2) is 24.3 Å². The van der Waals surface area contributed by atoms with E-state index < -0.39 is 6.36 Å². The first-order valence-electron chi connectivity index (χ1n) is 6.61. The van der Waals surface area contributed by atoms with E-state index in [2.05, 4.69) is 4.74 Å². The van der Waals surface area contributed by atoms with Crippen molar-refractivity contribution in [1.82, 2.24) is 4.90 Å². The molecule has 1 aromatic carbocycles. The summed E-state index contributed by atoms with van der Waals surface area (Å²) < 4.78 is 39.9. The standard InChI is InChI=1S/C14H17F3N2O2/c1-19(8-9-6-11(18)7-9)13(20)10-2-4-12(5-3-10)21-14(15,16)17/h2-5,9,11H,6-8,18H2,1H3. The van der Waals surface area contributed by atoms with E-state index in [-0.39, 0.29) is 17.7 Å². The summed E-state index contributed by atoms with van der Waals surface area (Å²) in [6, 6.07) is 5.14. The molecule has 4 nitrogen and oxygen atoms in total. The highest BCUT2D eigenvalue weighted by molar-refractivity contribution is 5.94. The predicted octanol–water partition coefficient (Wildman–Crippen LogP) is 2.39. The topological polar surface area (TPSA) is 55.6 Å². The zero-order valence-electron chi connectivity index (χ0n) is 11.6. The van der Waals surface area contributed by atoms with Gasteiger partial charge in [-0.3, -0.25) is 4.79 Å². The number of rotatable bonds is 4. The lowest BCUT2D eigenvalue weighted by Crippen LogP contribution is -2.43. The second kappa shape index (κ2) is 5.93. The molecular weight excluding hydrogens is 285 g/mol. The summed E-state index contributed by atoms with van der Waals surface area (Å²) in [5.41, 5.74) is 6.02.